The van der Waals surface area contributed by atoms with Crippen LogP contribution in [0.3, 0.4) is 0 Å². The molecular weight excluding hydrogens is 374 g/mol. The summed E-state index contributed by atoms with van der Waals surface area (Å²) in [6.45, 7) is 3.84. The Morgan fingerprint density at radius 1 is 0.966 bits per heavy atom. The number of nitrogens with two attached hydrogens (primary N) is 1. The number of benzene rings is 2. The van der Waals surface area contributed by atoms with Crippen LogP contribution in [0, 0.1) is 0 Å². The lowest BCUT2D eigenvalue weighted by atomic mass is 10.0. The molecule has 1 heterocycles. The largest absolute Gasteiger partial charge is 0.453 e. The minimum atomic E-state index is -1.04. The highest BCUT2D eigenvalue weighted by molar-refractivity contribution is 5.90. The molecule has 2 N–H and O–H groups in total. The fourth-order valence-corrected chi connectivity index (χ4v) is 2.91. The molecule has 0 aromatic heterocycles. The van der Waals surface area contributed by atoms with E-state index in [9.17, 15) is 9.59 Å². The Balaban J connectivity index is 1.81. The lowest BCUT2D eigenvalue weighted by molar-refractivity contribution is -0.243. The van der Waals surface area contributed by atoms with E-state index in [-0.39, 0.29) is 13.2 Å². The second-order valence-corrected chi connectivity index (χ2v) is 6.46. The number of carbonyl (C=O) groups excluding carboxylic acids is 2. The molecule has 3 rings (SSSR count). The van der Waals surface area contributed by atoms with Crippen molar-refractivity contribution in [2.45, 2.75) is 24.5 Å². The second kappa shape index (κ2) is 9.97. The van der Waals surface area contributed by atoms with Gasteiger partial charge in [-0.3, -0.25) is 0 Å². The van der Waals surface area contributed by atoms with Crippen molar-refractivity contribution < 1.29 is 28.5 Å². The minimum Gasteiger partial charge on any atom is -0.453 e. The topological polar surface area (TPSA) is 97.1 Å². The van der Waals surface area contributed by atoms with Crippen LogP contribution in [-0.4, -0.2) is 49.7 Å². The molecule has 0 bridgehead atoms. The molecule has 0 unspecified atom stereocenters. The van der Waals surface area contributed by atoms with Gasteiger partial charge in [-0.15, -0.1) is 6.58 Å². The number of carbonyl (C=O) groups is 2. The number of hydrogen-bond acceptors (Lipinski definition) is 7. The Bertz CT molecular complexity index is 826. The van der Waals surface area contributed by atoms with Crippen molar-refractivity contribution >= 4 is 11.9 Å². The van der Waals surface area contributed by atoms with Crippen LogP contribution in [0.5, 0.6) is 0 Å². The molecule has 2 aromatic carbocycles. The molecular formula is C22H23NO6. The predicted molar refractivity (Wildman–Crippen MR) is 105 cm³/mol. The SMILES string of the molecule is C=CCO[C@H]1OC[C@H](N)[C@@H](OC(=O)c2ccccc2)[C@@H]1OC(=O)c1ccccc1. The first-order valence-electron chi connectivity index (χ1n) is 9.22. The van der Waals surface area contributed by atoms with Gasteiger partial charge in [0.25, 0.3) is 0 Å². The molecule has 0 aliphatic carbocycles. The Hall–Kier alpha value is -3.00. The molecule has 7 nitrogen and oxygen atoms in total. The van der Waals surface area contributed by atoms with Crippen LogP contribution in [0.25, 0.3) is 0 Å². The summed E-state index contributed by atoms with van der Waals surface area (Å²) in [7, 11) is 0. The second-order valence-electron chi connectivity index (χ2n) is 6.46. The summed E-state index contributed by atoms with van der Waals surface area (Å²) in [6, 6.07) is 16.3. The number of hydrogen-bond donors (Lipinski definition) is 1. The van der Waals surface area contributed by atoms with E-state index in [0.29, 0.717) is 11.1 Å². The lowest BCUT2D eigenvalue weighted by Gasteiger charge is -2.39. The maximum Gasteiger partial charge on any atom is 0.338 e. The summed E-state index contributed by atoms with van der Waals surface area (Å²) in [6.07, 6.45) is -1.40. The van der Waals surface area contributed by atoms with Gasteiger partial charge in [0.15, 0.2) is 18.5 Å². The Kier molecular flexibility index (Phi) is 7.13. The number of esters is 2. The van der Waals surface area contributed by atoms with Gasteiger partial charge < -0.3 is 24.7 Å². The standard InChI is InChI=1S/C22H23NO6/c1-2-13-26-22-19(29-21(25)16-11-7-4-8-12-16)18(17(23)14-27-22)28-20(24)15-9-5-3-6-10-15/h2-12,17-19,22H,1,13-14,23H2/t17-,18+,19-,22-/m0/s1. The maximum absolute atomic E-state index is 12.6. The molecule has 0 saturated carbocycles. The average Bonchev–Trinajstić information content (AvgIpc) is 2.76. The maximum atomic E-state index is 12.6. The van der Waals surface area contributed by atoms with Crippen LogP contribution in [-0.2, 0) is 18.9 Å². The van der Waals surface area contributed by atoms with E-state index in [1.807, 2.05) is 0 Å². The normalized spacial score (nSPS) is 23.8. The highest BCUT2D eigenvalue weighted by atomic mass is 16.7. The zero-order valence-electron chi connectivity index (χ0n) is 15.8. The fraction of sp³-hybridized carbons (Fsp3) is 0.273. The first kappa shape index (κ1) is 20.7. The van der Waals surface area contributed by atoms with Gasteiger partial charge in [0, 0.05) is 0 Å². The van der Waals surface area contributed by atoms with Crippen molar-refractivity contribution in [1.29, 1.82) is 0 Å². The van der Waals surface area contributed by atoms with E-state index in [2.05, 4.69) is 6.58 Å². The smallest absolute Gasteiger partial charge is 0.338 e. The highest BCUT2D eigenvalue weighted by Crippen LogP contribution is 2.24. The zero-order chi connectivity index (χ0) is 20.6. The van der Waals surface area contributed by atoms with Crippen molar-refractivity contribution in [3.63, 3.8) is 0 Å². The van der Waals surface area contributed by atoms with E-state index in [1.165, 1.54) is 0 Å². The van der Waals surface area contributed by atoms with Gasteiger partial charge in [-0.2, -0.15) is 0 Å². The lowest BCUT2D eigenvalue weighted by Crippen LogP contribution is -2.60. The number of rotatable bonds is 7. The third-order valence-electron chi connectivity index (χ3n) is 4.35. The molecule has 0 radical (unpaired) electrons. The minimum absolute atomic E-state index is 0.0773. The van der Waals surface area contributed by atoms with E-state index < -0.39 is 36.5 Å². The van der Waals surface area contributed by atoms with Crippen molar-refractivity contribution in [2.24, 2.45) is 5.73 Å². The molecule has 0 spiro atoms. The molecule has 29 heavy (non-hydrogen) atoms. The van der Waals surface area contributed by atoms with E-state index in [1.54, 1.807) is 66.7 Å². The van der Waals surface area contributed by atoms with Gasteiger partial charge >= 0.3 is 11.9 Å². The molecule has 1 aliphatic heterocycles. The fourth-order valence-electron chi connectivity index (χ4n) is 2.91. The summed E-state index contributed by atoms with van der Waals surface area (Å²) >= 11 is 0. The van der Waals surface area contributed by atoms with Gasteiger partial charge in [0.05, 0.1) is 30.4 Å². The van der Waals surface area contributed by atoms with Crippen molar-refractivity contribution in [1.82, 2.24) is 0 Å². The molecule has 4 atom stereocenters. The van der Waals surface area contributed by atoms with E-state index in [0.717, 1.165) is 0 Å². The predicted octanol–water partition coefficient (Wildman–Crippen LogP) is 2.32. The van der Waals surface area contributed by atoms with Crippen molar-refractivity contribution in [2.75, 3.05) is 13.2 Å². The summed E-state index contributed by atoms with van der Waals surface area (Å²) in [5.41, 5.74) is 6.84. The molecule has 1 aliphatic rings. The van der Waals surface area contributed by atoms with Gasteiger partial charge in [-0.05, 0) is 24.3 Å². The first-order chi connectivity index (χ1) is 14.1. The summed E-state index contributed by atoms with van der Waals surface area (Å²) in [4.78, 5) is 25.2. The Morgan fingerprint density at radius 2 is 1.48 bits per heavy atom. The van der Waals surface area contributed by atoms with Crippen LogP contribution >= 0.6 is 0 Å². The van der Waals surface area contributed by atoms with E-state index in [4.69, 9.17) is 24.7 Å². The van der Waals surface area contributed by atoms with Gasteiger partial charge in [0.1, 0.15) is 0 Å². The first-order valence-corrected chi connectivity index (χ1v) is 9.22. The molecule has 1 saturated heterocycles. The van der Waals surface area contributed by atoms with Gasteiger partial charge in [-0.25, -0.2) is 9.59 Å². The third-order valence-corrected chi connectivity index (χ3v) is 4.35. The highest BCUT2D eigenvalue weighted by Gasteiger charge is 2.45. The van der Waals surface area contributed by atoms with Gasteiger partial charge in [-0.1, -0.05) is 42.5 Å². The van der Waals surface area contributed by atoms with E-state index >= 15 is 0 Å². The monoisotopic (exact) mass is 397 g/mol. The molecule has 0 amide bonds. The number of ether oxygens (including phenoxy) is 4. The third kappa shape index (κ3) is 5.29. The molecule has 1 fully saturated rings. The zero-order valence-corrected chi connectivity index (χ0v) is 15.8. The van der Waals surface area contributed by atoms with Crippen LogP contribution in [0.15, 0.2) is 73.3 Å². The summed E-state index contributed by atoms with van der Waals surface area (Å²) < 4.78 is 22.4. The quantitative estimate of drug-likeness (QED) is 0.566. The molecule has 152 valence electrons. The average molecular weight is 397 g/mol. The molecule has 7 heteroatoms. The van der Waals surface area contributed by atoms with Crippen molar-refractivity contribution in [3.05, 3.63) is 84.4 Å². The Morgan fingerprint density at radius 3 is 2.00 bits per heavy atom. The molecule has 2 aromatic rings. The van der Waals surface area contributed by atoms with Crippen LogP contribution in [0.1, 0.15) is 20.7 Å². The summed E-state index contributed by atoms with van der Waals surface area (Å²) in [5.74, 6) is -1.17. The van der Waals surface area contributed by atoms with Crippen LogP contribution < -0.4 is 5.73 Å². The van der Waals surface area contributed by atoms with Crippen molar-refractivity contribution in [3.8, 4) is 0 Å². The summed E-state index contributed by atoms with van der Waals surface area (Å²) in [5, 5.41) is 0. The van der Waals surface area contributed by atoms with Gasteiger partial charge in [0.2, 0.25) is 0 Å². The Labute approximate surface area is 169 Å². The van der Waals surface area contributed by atoms with Crippen LogP contribution in [0.2, 0.25) is 0 Å². The van der Waals surface area contributed by atoms with Crippen LogP contribution in [0.4, 0.5) is 0 Å².